The lowest BCUT2D eigenvalue weighted by Gasteiger charge is -2.26. The van der Waals surface area contributed by atoms with Crippen LogP contribution in [0.2, 0.25) is 5.02 Å². The van der Waals surface area contributed by atoms with Crippen molar-refractivity contribution in [3.8, 4) is 0 Å². The maximum Gasteiger partial charge on any atom is 0.306 e. The molecule has 0 saturated carbocycles. The second-order valence-corrected chi connectivity index (χ2v) is 13.1. The summed E-state index contributed by atoms with van der Waals surface area (Å²) < 4.78 is 35.7. The first-order chi connectivity index (χ1) is 19.9. The van der Waals surface area contributed by atoms with Gasteiger partial charge in [0.25, 0.3) is 5.91 Å². The van der Waals surface area contributed by atoms with Crippen LogP contribution < -0.4 is 10.2 Å². The summed E-state index contributed by atoms with van der Waals surface area (Å²) in [6.45, 7) is 8.81. The first-order valence-corrected chi connectivity index (χ1v) is 15.5. The summed E-state index contributed by atoms with van der Waals surface area (Å²) in [6, 6.07) is 7.59. The van der Waals surface area contributed by atoms with Crippen molar-refractivity contribution < 1.29 is 23.1 Å². The minimum atomic E-state index is -0.783. The summed E-state index contributed by atoms with van der Waals surface area (Å²) in [5.74, 6) is -2.33. The van der Waals surface area contributed by atoms with E-state index in [1.807, 2.05) is 25.1 Å². The number of carbonyl (C=O) groups excluding carboxylic acids is 2. The first-order valence-electron chi connectivity index (χ1n) is 14.3. The molecule has 1 fully saturated rings. The summed E-state index contributed by atoms with van der Waals surface area (Å²) in [4.78, 5) is 33.6. The van der Waals surface area contributed by atoms with Gasteiger partial charge in [-0.05, 0) is 77.3 Å². The number of rotatable bonds is 8. The number of esters is 1. The molecule has 3 aromatic rings. The minimum Gasteiger partial charge on any atom is -0.460 e. The predicted octanol–water partition coefficient (Wildman–Crippen LogP) is 8.25. The van der Waals surface area contributed by atoms with Gasteiger partial charge in [0.05, 0.1) is 16.1 Å². The maximum atomic E-state index is 15.0. The van der Waals surface area contributed by atoms with Crippen molar-refractivity contribution in [2.24, 2.45) is 0 Å². The van der Waals surface area contributed by atoms with Crippen LogP contribution in [-0.2, 0) is 9.53 Å². The molecule has 0 radical (unpaired) electrons. The van der Waals surface area contributed by atoms with Crippen LogP contribution in [0.5, 0.6) is 0 Å². The van der Waals surface area contributed by atoms with E-state index in [9.17, 15) is 14.0 Å². The molecule has 1 aliphatic rings. The molecule has 4 rings (SSSR count). The molecule has 2 aromatic carbocycles. The number of nitrogens with one attached hydrogen (secondary N) is 1. The van der Waals surface area contributed by atoms with E-state index in [2.05, 4.69) is 26.1 Å². The van der Waals surface area contributed by atoms with Crippen molar-refractivity contribution >= 4 is 56.1 Å². The monoisotopic (exact) mass is 663 g/mol. The van der Waals surface area contributed by atoms with Gasteiger partial charge in [-0.1, -0.05) is 40.4 Å². The quantitative estimate of drug-likeness (QED) is 0.194. The van der Waals surface area contributed by atoms with Gasteiger partial charge in [-0.3, -0.25) is 9.59 Å². The van der Waals surface area contributed by atoms with Crippen LogP contribution in [0.3, 0.4) is 0 Å². The topological polar surface area (TPSA) is 71.5 Å². The Labute approximate surface area is 259 Å². The van der Waals surface area contributed by atoms with Crippen LogP contribution in [0.25, 0.3) is 10.9 Å². The van der Waals surface area contributed by atoms with Crippen LogP contribution in [0.15, 0.2) is 34.8 Å². The summed E-state index contributed by atoms with van der Waals surface area (Å²) in [7, 11) is 0. The largest absolute Gasteiger partial charge is 0.460 e. The van der Waals surface area contributed by atoms with Crippen LogP contribution in [0, 0.1) is 18.6 Å². The van der Waals surface area contributed by atoms with E-state index in [1.165, 1.54) is 0 Å². The van der Waals surface area contributed by atoms with Crippen LogP contribution in [0.4, 0.5) is 14.6 Å². The molecule has 42 heavy (non-hydrogen) atoms. The van der Waals surface area contributed by atoms with E-state index in [1.54, 1.807) is 20.8 Å². The lowest BCUT2D eigenvalue weighted by atomic mass is 9.92. The van der Waals surface area contributed by atoms with Crippen molar-refractivity contribution in [3.05, 3.63) is 68.2 Å². The van der Waals surface area contributed by atoms with Gasteiger partial charge in [-0.15, -0.1) is 0 Å². The Kier molecular flexibility index (Phi) is 10.5. The molecule has 1 aliphatic heterocycles. The Balaban J connectivity index is 1.67. The molecule has 1 N–H and O–H groups in total. The third-order valence-corrected chi connectivity index (χ3v) is 8.29. The number of hydrogen-bond donors (Lipinski definition) is 1. The zero-order valence-electron chi connectivity index (χ0n) is 24.5. The highest BCUT2D eigenvalue weighted by atomic mass is 79.9. The number of benzene rings is 2. The number of halogens is 4. The van der Waals surface area contributed by atoms with E-state index >= 15 is 4.39 Å². The van der Waals surface area contributed by atoms with Crippen molar-refractivity contribution in [2.75, 3.05) is 24.5 Å². The van der Waals surface area contributed by atoms with Gasteiger partial charge in [0.2, 0.25) is 0 Å². The van der Waals surface area contributed by atoms with Gasteiger partial charge < -0.3 is 15.0 Å². The molecule has 1 amide bonds. The number of aromatic nitrogens is 1. The Bertz CT molecular complexity index is 1470. The lowest BCUT2D eigenvalue weighted by molar-refractivity contribution is -0.155. The average molecular weight is 665 g/mol. The molecule has 226 valence electrons. The van der Waals surface area contributed by atoms with Gasteiger partial charge in [0, 0.05) is 53.0 Å². The number of anilines is 1. The molecule has 1 atom stereocenters. The third-order valence-electron chi connectivity index (χ3n) is 7.41. The fourth-order valence-corrected chi connectivity index (χ4v) is 6.12. The Hall–Kier alpha value is -2.78. The Morgan fingerprint density at radius 1 is 1.10 bits per heavy atom. The molecule has 1 saturated heterocycles. The first kappa shape index (κ1) is 32.1. The second kappa shape index (κ2) is 13.7. The number of hydrogen-bond acceptors (Lipinski definition) is 5. The molecular weight excluding hydrogens is 628 g/mol. The highest BCUT2D eigenvalue weighted by molar-refractivity contribution is 9.10. The van der Waals surface area contributed by atoms with Gasteiger partial charge >= 0.3 is 5.97 Å². The number of amides is 1. The molecule has 0 spiro atoms. The molecule has 0 bridgehead atoms. The number of ether oxygens (including phenoxy) is 1. The zero-order chi connectivity index (χ0) is 30.6. The number of nitrogens with zero attached hydrogens (tertiary/aromatic N) is 2. The van der Waals surface area contributed by atoms with Gasteiger partial charge in [0.1, 0.15) is 23.1 Å². The molecule has 1 aromatic heterocycles. The second-order valence-electron chi connectivity index (χ2n) is 11.8. The van der Waals surface area contributed by atoms with E-state index in [4.69, 9.17) is 21.3 Å². The van der Waals surface area contributed by atoms with E-state index < -0.39 is 29.1 Å². The van der Waals surface area contributed by atoms with E-state index in [0.29, 0.717) is 16.5 Å². The molecular formula is C32H37BrClF2N3O3. The maximum absolute atomic E-state index is 15.0. The normalized spacial score (nSPS) is 14.9. The molecule has 0 aliphatic carbocycles. The minimum absolute atomic E-state index is 0.0621. The van der Waals surface area contributed by atoms with Gasteiger partial charge in [-0.25, -0.2) is 13.8 Å². The van der Waals surface area contributed by atoms with E-state index in [-0.39, 0.29) is 35.9 Å². The number of pyridine rings is 1. The Morgan fingerprint density at radius 2 is 1.76 bits per heavy atom. The Morgan fingerprint density at radius 3 is 2.43 bits per heavy atom. The van der Waals surface area contributed by atoms with Crippen LogP contribution in [0.1, 0.15) is 86.7 Å². The number of carbonyl (C=O) groups is 2. The predicted molar refractivity (Wildman–Crippen MR) is 166 cm³/mol. The molecule has 6 nitrogen and oxygen atoms in total. The zero-order valence-corrected chi connectivity index (χ0v) is 26.8. The third kappa shape index (κ3) is 7.78. The fourth-order valence-electron chi connectivity index (χ4n) is 5.46. The van der Waals surface area contributed by atoms with Crippen molar-refractivity contribution in [1.82, 2.24) is 10.3 Å². The van der Waals surface area contributed by atoms with E-state index in [0.717, 1.165) is 66.8 Å². The van der Waals surface area contributed by atoms with Crippen molar-refractivity contribution in [3.63, 3.8) is 0 Å². The molecule has 2 heterocycles. The highest BCUT2D eigenvalue weighted by Gasteiger charge is 2.27. The smallest absolute Gasteiger partial charge is 0.306 e. The van der Waals surface area contributed by atoms with Crippen LogP contribution >= 0.6 is 27.5 Å². The molecule has 1 unspecified atom stereocenters. The molecule has 10 heteroatoms. The lowest BCUT2D eigenvalue weighted by Crippen LogP contribution is -2.32. The van der Waals surface area contributed by atoms with Gasteiger partial charge in [-0.2, -0.15) is 0 Å². The summed E-state index contributed by atoms with van der Waals surface area (Å²) in [5, 5.41) is 3.25. The fraction of sp³-hybridized carbons (Fsp3) is 0.469. The van der Waals surface area contributed by atoms with Crippen molar-refractivity contribution in [1.29, 1.82) is 0 Å². The highest BCUT2D eigenvalue weighted by Crippen LogP contribution is 2.34. The van der Waals surface area contributed by atoms with Crippen LogP contribution in [-0.4, -0.2) is 42.1 Å². The number of fused-ring (bicyclic) bond motifs is 1. The summed E-state index contributed by atoms with van der Waals surface area (Å²) in [5.41, 5.74) is 1.14. The van der Waals surface area contributed by atoms with Crippen molar-refractivity contribution in [2.45, 2.75) is 77.7 Å². The SMILES string of the molecule is Cc1c(N2CCCCCC2)nc2ccc(Br)cc2c1C(=O)NCC(CCC(=O)OC(C)(C)C)c1c(F)ccc(F)c1Cl. The summed E-state index contributed by atoms with van der Waals surface area (Å²) >= 11 is 9.74. The summed E-state index contributed by atoms with van der Waals surface area (Å²) in [6.07, 6.45) is 4.46. The average Bonchev–Trinajstić information content (AvgIpc) is 3.20. The van der Waals surface area contributed by atoms with Gasteiger partial charge in [0.15, 0.2) is 0 Å². The standard InChI is InChI=1S/C32H37BrClF2N3O3/c1-19-27(22-17-21(33)10-13-25(22)38-30(19)39-15-7-5-6-8-16-39)31(41)37-18-20(9-14-26(40)42-32(2,3)4)28-23(35)11-12-24(36)29(28)34/h10-13,17,20H,5-9,14-16,18H2,1-4H3,(H,37,41).